The smallest absolute Gasteiger partial charge is 0.227 e. The molecule has 0 unspecified atom stereocenters. The fourth-order valence-electron chi connectivity index (χ4n) is 2.22. The molecule has 0 aliphatic rings. The summed E-state index contributed by atoms with van der Waals surface area (Å²) in [6.45, 7) is 9.24. The summed E-state index contributed by atoms with van der Waals surface area (Å²) in [6.07, 6.45) is 3.43. The molecule has 0 amide bonds. The zero-order valence-electron chi connectivity index (χ0n) is 13.2. The molecule has 1 N–H and O–H groups in total. The van der Waals surface area contributed by atoms with Gasteiger partial charge in [-0.1, -0.05) is 31.5 Å². The Morgan fingerprint density at radius 1 is 1.14 bits per heavy atom. The van der Waals surface area contributed by atoms with Crippen LogP contribution in [0.2, 0.25) is 0 Å². The van der Waals surface area contributed by atoms with Gasteiger partial charge in [0, 0.05) is 6.54 Å². The van der Waals surface area contributed by atoms with Crippen molar-refractivity contribution in [1.82, 2.24) is 9.97 Å². The van der Waals surface area contributed by atoms with Crippen LogP contribution in [0.3, 0.4) is 0 Å². The Bertz CT molecular complexity index is 611. The van der Waals surface area contributed by atoms with Crippen LogP contribution in [0.5, 0.6) is 11.6 Å². The van der Waals surface area contributed by atoms with E-state index in [9.17, 15) is 0 Å². The zero-order valence-corrected chi connectivity index (χ0v) is 13.2. The fraction of sp³-hybridized carbons (Fsp3) is 0.412. The predicted octanol–water partition coefficient (Wildman–Crippen LogP) is 4.27. The van der Waals surface area contributed by atoms with Gasteiger partial charge in [-0.3, -0.25) is 0 Å². The fourth-order valence-corrected chi connectivity index (χ4v) is 2.22. The molecule has 0 spiro atoms. The Labute approximate surface area is 126 Å². The van der Waals surface area contributed by atoms with Crippen LogP contribution >= 0.6 is 0 Å². The van der Waals surface area contributed by atoms with Crippen LogP contribution in [-0.4, -0.2) is 16.5 Å². The van der Waals surface area contributed by atoms with Crippen molar-refractivity contribution in [2.45, 2.75) is 40.5 Å². The molecule has 0 fully saturated rings. The summed E-state index contributed by atoms with van der Waals surface area (Å²) in [5.41, 5.74) is 3.35. The van der Waals surface area contributed by atoms with Crippen LogP contribution in [0.4, 0.5) is 5.82 Å². The highest BCUT2D eigenvalue weighted by atomic mass is 16.5. The maximum atomic E-state index is 6.02. The van der Waals surface area contributed by atoms with Crippen LogP contribution in [-0.2, 0) is 6.42 Å². The van der Waals surface area contributed by atoms with Crippen molar-refractivity contribution in [2.24, 2.45) is 0 Å². The molecule has 1 heterocycles. The summed E-state index contributed by atoms with van der Waals surface area (Å²) >= 11 is 0. The molecule has 2 rings (SSSR count). The normalized spacial score (nSPS) is 10.5. The van der Waals surface area contributed by atoms with E-state index in [4.69, 9.17) is 4.74 Å². The lowest BCUT2D eigenvalue weighted by Crippen LogP contribution is -2.07. The van der Waals surface area contributed by atoms with Gasteiger partial charge >= 0.3 is 0 Å². The molecule has 0 saturated carbocycles. The van der Waals surface area contributed by atoms with E-state index in [-0.39, 0.29) is 0 Å². The summed E-state index contributed by atoms with van der Waals surface area (Å²) in [4.78, 5) is 8.63. The molecular formula is C17H23N3O. The van der Waals surface area contributed by atoms with E-state index in [1.165, 1.54) is 5.56 Å². The van der Waals surface area contributed by atoms with E-state index in [2.05, 4.69) is 42.1 Å². The summed E-state index contributed by atoms with van der Waals surface area (Å²) < 4.78 is 6.02. The molecular weight excluding hydrogens is 262 g/mol. The number of rotatable bonds is 6. The van der Waals surface area contributed by atoms with Crippen molar-refractivity contribution < 1.29 is 4.74 Å². The van der Waals surface area contributed by atoms with Crippen LogP contribution < -0.4 is 10.1 Å². The summed E-state index contributed by atoms with van der Waals surface area (Å²) in [7, 11) is 0. The van der Waals surface area contributed by atoms with E-state index < -0.39 is 0 Å². The van der Waals surface area contributed by atoms with Crippen LogP contribution in [0.1, 0.15) is 37.0 Å². The van der Waals surface area contributed by atoms with Crippen LogP contribution in [0.15, 0.2) is 24.5 Å². The number of aryl methyl sites for hydroxylation is 2. The molecule has 0 atom stereocenters. The van der Waals surface area contributed by atoms with E-state index >= 15 is 0 Å². The highest BCUT2D eigenvalue weighted by molar-refractivity contribution is 5.50. The minimum absolute atomic E-state index is 0.637. The third-order valence-corrected chi connectivity index (χ3v) is 3.34. The van der Waals surface area contributed by atoms with Gasteiger partial charge in [-0.25, -0.2) is 9.97 Å². The largest absolute Gasteiger partial charge is 0.438 e. The Hall–Kier alpha value is -2.10. The van der Waals surface area contributed by atoms with Crippen molar-refractivity contribution in [3.63, 3.8) is 0 Å². The molecule has 21 heavy (non-hydrogen) atoms. The van der Waals surface area contributed by atoms with Gasteiger partial charge in [0.2, 0.25) is 5.88 Å². The first kappa shape index (κ1) is 15.3. The first-order valence-electron chi connectivity index (χ1n) is 7.48. The van der Waals surface area contributed by atoms with Gasteiger partial charge in [0.15, 0.2) is 0 Å². The van der Waals surface area contributed by atoms with Gasteiger partial charge in [0.05, 0.1) is 5.56 Å². The van der Waals surface area contributed by atoms with Gasteiger partial charge in [-0.2, -0.15) is 0 Å². The topological polar surface area (TPSA) is 47.0 Å². The highest BCUT2D eigenvalue weighted by Crippen LogP contribution is 2.29. The molecule has 0 aliphatic heterocycles. The minimum atomic E-state index is 0.637. The average molecular weight is 285 g/mol. The van der Waals surface area contributed by atoms with E-state index in [1.54, 1.807) is 6.33 Å². The first-order valence-corrected chi connectivity index (χ1v) is 7.48. The second-order valence-corrected chi connectivity index (χ2v) is 5.16. The summed E-state index contributed by atoms with van der Waals surface area (Å²) in [5, 5.41) is 3.33. The van der Waals surface area contributed by atoms with Crippen molar-refractivity contribution in [2.75, 3.05) is 11.9 Å². The summed E-state index contributed by atoms with van der Waals surface area (Å²) in [6, 6.07) is 6.15. The van der Waals surface area contributed by atoms with Crippen LogP contribution in [0, 0.1) is 13.8 Å². The average Bonchev–Trinajstić information content (AvgIpc) is 2.48. The SMILES string of the molecule is CCCNc1ncnc(Oc2ccc(C)cc2C)c1CC. The Morgan fingerprint density at radius 3 is 2.62 bits per heavy atom. The van der Waals surface area contributed by atoms with Gasteiger partial charge < -0.3 is 10.1 Å². The predicted molar refractivity (Wildman–Crippen MR) is 86.2 cm³/mol. The number of hydrogen-bond donors (Lipinski definition) is 1. The number of benzene rings is 1. The van der Waals surface area contributed by atoms with Crippen molar-refractivity contribution >= 4 is 5.82 Å². The Kier molecular flexibility index (Phi) is 5.14. The number of anilines is 1. The lowest BCUT2D eigenvalue weighted by molar-refractivity contribution is 0.452. The molecule has 0 aliphatic carbocycles. The lowest BCUT2D eigenvalue weighted by atomic mass is 10.1. The lowest BCUT2D eigenvalue weighted by Gasteiger charge is -2.14. The maximum Gasteiger partial charge on any atom is 0.227 e. The van der Waals surface area contributed by atoms with Gasteiger partial charge in [-0.05, 0) is 38.3 Å². The zero-order chi connectivity index (χ0) is 15.2. The monoisotopic (exact) mass is 285 g/mol. The third-order valence-electron chi connectivity index (χ3n) is 3.34. The Balaban J connectivity index is 2.30. The van der Waals surface area contributed by atoms with Crippen molar-refractivity contribution in [1.29, 1.82) is 0 Å². The first-order chi connectivity index (χ1) is 10.2. The van der Waals surface area contributed by atoms with Gasteiger partial charge in [0.25, 0.3) is 0 Å². The molecule has 4 heteroatoms. The number of ether oxygens (including phenoxy) is 1. The molecule has 1 aromatic carbocycles. The second kappa shape index (κ2) is 7.07. The molecule has 0 bridgehead atoms. The maximum absolute atomic E-state index is 6.02. The second-order valence-electron chi connectivity index (χ2n) is 5.16. The quantitative estimate of drug-likeness (QED) is 0.861. The molecule has 4 nitrogen and oxygen atoms in total. The third kappa shape index (κ3) is 3.72. The van der Waals surface area contributed by atoms with Gasteiger partial charge in [0.1, 0.15) is 17.9 Å². The van der Waals surface area contributed by atoms with E-state index in [0.29, 0.717) is 5.88 Å². The Morgan fingerprint density at radius 2 is 1.95 bits per heavy atom. The highest BCUT2D eigenvalue weighted by Gasteiger charge is 2.12. The van der Waals surface area contributed by atoms with Crippen molar-refractivity contribution in [3.8, 4) is 11.6 Å². The summed E-state index contributed by atoms with van der Waals surface area (Å²) in [5.74, 6) is 2.35. The van der Waals surface area contributed by atoms with Gasteiger partial charge in [-0.15, -0.1) is 0 Å². The number of aromatic nitrogens is 2. The number of hydrogen-bond acceptors (Lipinski definition) is 4. The molecule has 1 aromatic heterocycles. The van der Waals surface area contributed by atoms with Crippen molar-refractivity contribution in [3.05, 3.63) is 41.2 Å². The molecule has 0 radical (unpaired) electrons. The van der Waals surface area contributed by atoms with Crippen LogP contribution in [0.25, 0.3) is 0 Å². The standard InChI is InChI=1S/C17H23N3O/c1-5-9-18-16-14(6-2)17(20-11-19-16)21-15-8-7-12(3)10-13(15)4/h7-8,10-11H,5-6,9H2,1-4H3,(H,18,19,20). The number of nitrogens with one attached hydrogen (secondary N) is 1. The minimum Gasteiger partial charge on any atom is -0.438 e. The molecule has 0 saturated heterocycles. The van der Waals surface area contributed by atoms with E-state index in [0.717, 1.165) is 42.1 Å². The molecule has 112 valence electrons. The number of nitrogens with zero attached hydrogens (tertiary/aromatic N) is 2. The van der Waals surface area contributed by atoms with E-state index in [1.807, 2.05) is 19.1 Å². The molecule has 2 aromatic rings.